The molecule has 1 aromatic heterocycles. The van der Waals surface area contributed by atoms with E-state index in [-0.39, 0.29) is 5.91 Å². The fourth-order valence-corrected chi connectivity index (χ4v) is 2.42. The second-order valence-corrected chi connectivity index (χ2v) is 5.03. The zero-order valence-corrected chi connectivity index (χ0v) is 12.5. The lowest BCUT2D eigenvalue weighted by Crippen LogP contribution is -2.10. The number of nitrogens with one attached hydrogen (secondary N) is 1. The first-order valence-electron chi connectivity index (χ1n) is 6.54. The topological polar surface area (TPSA) is 64.3 Å². The maximum atomic E-state index is 12.1. The quantitative estimate of drug-likeness (QED) is 0.853. The maximum Gasteiger partial charge on any atom is 0.256 e. The first-order valence-corrected chi connectivity index (χ1v) is 7.42. The van der Waals surface area contributed by atoms with Gasteiger partial charge in [0.1, 0.15) is 5.75 Å². The average Bonchev–Trinajstić information content (AvgIpc) is 2.96. The zero-order valence-electron chi connectivity index (χ0n) is 11.7. The summed E-state index contributed by atoms with van der Waals surface area (Å²) < 4.78 is 5.35. The van der Waals surface area contributed by atoms with Crippen LogP contribution in [-0.2, 0) is 0 Å². The van der Waals surface area contributed by atoms with Gasteiger partial charge in [0.15, 0.2) is 0 Å². The number of hydrogen-bond acceptors (Lipinski definition) is 4. The maximum absolute atomic E-state index is 12.1. The highest BCUT2D eigenvalue weighted by molar-refractivity contribution is 7.10. The van der Waals surface area contributed by atoms with Gasteiger partial charge >= 0.3 is 0 Å². The summed E-state index contributed by atoms with van der Waals surface area (Å²) in [7, 11) is 0. The van der Waals surface area contributed by atoms with Gasteiger partial charge in [0.2, 0.25) is 0 Å². The lowest BCUT2D eigenvalue weighted by atomic mass is 10.2. The van der Waals surface area contributed by atoms with E-state index in [0.717, 1.165) is 16.3 Å². The van der Waals surface area contributed by atoms with E-state index >= 15 is 0 Å². The van der Waals surface area contributed by atoms with Crippen molar-refractivity contribution in [2.24, 2.45) is 5.73 Å². The van der Waals surface area contributed by atoms with Crippen LogP contribution in [0.25, 0.3) is 0 Å². The van der Waals surface area contributed by atoms with E-state index in [1.807, 2.05) is 31.2 Å². The fraction of sp³-hybridized carbons (Fsp3) is 0.188. The molecule has 0 atom stereocenters. The van der Waals surface area contributed by atoms with E-state index in [4.69, 9.17) is 10.5 Å². The molecule has 1 heterocycles. The zero-order chi connectivity index (χ0) is 15.1. The van der Waals surface area contributed by atoms with Gasteiger partial charge in [0.05, 0.1) is 23.6 Å². The van der Waals surface area contributed by atoms with Crippen molar-refractivity contribution in [1.82, 2.24) is 0 Å². The molecule has 0 saturated carbocycles. The van der Waals surface area contributed by atoms with Crippen LogP contribution in [0.15, 0.2) is 35.7 Å². The molecule has 0 unspecified atom stereocenters. The van der Waals surface area contributed by atoms with Crippen LogP contribution >= 0.6 is 11.3 Å². The van der Waals surface area contributed by atoms with Crippen LogP contribution in [0.4, 0.5) is 5.69 Å². The minimum atomic E-state index is -0.156. The van der Waals surface area contributed by atoms with Crippen molar-refractivity contribution in [3.63, 3.8) is 0 Å². The molecule has 1 amide bonds. The van der Waals surface area contributed by atoms with Gasteiger partial charge in [-0.3, -0.25) is 4.79 Å². The van der Waals surface area contributed by atoms with Crippen molar-refractivity contribution in [3.8, 4) is 17.6 Å². The summed E-state index contributed by atoms with van der Waals surface area (Å²) in [6, 6.07) is 9.03. The predicted octanol–water partition coefficient (Wildman–Crippen LogP) is 2.71. The summed E-state index contributed by atoms with van der Waals surface area (Å²) in [5.74, 6) is 6.31. The highest BCUT2D eigenvalue weighted by Crippen LogP contribution is 2.18. The molecule has 2 aromatic rings. The number of ether oxygens (including phenoxy) is 1. The van der Waals surface area contributed by atoms with E-state index in [1.54, 1.807) is 11.4 Å². The lowest BCUT2D eigenvalue weighted by molar-refractivity contribution is 0.102. The molecule has 0 aliphatic rings. The molecule has 0 saturated heterocycles. The molecule has 0 aliphatic carbocycles. The third-order valence-electron chi connectivity index (χ3n) is 2.60. The van der Waals surface area contributed by atoms with Gasteiger partial charge in [-0.15, -0.1) is 11.3 Å². The number of carbonyl (C=O) groups is 1. The number of nitrogens with two attached hydrogens (primary N) is 1. The van der Waals surface area contributed by atoms with E-state index in [9.17, 15) is 4.79 Å². The standard InChI is InChI=1S/C16H16N2O2S/c1-2-20-14-7-5-13(6-8-14)18-16(19)12-10-15(21-11-12)4-3-9-17/h5-8,10-11H,2,9,17H2,1H3,(H,18,19). The molecule has 0 fully saturated rings. The number of anilines is 1. The number of amides is 1. The molecule has 1 aromatic carbocycles. The van der Waals surface area contributed by atoms with Crippen LogP contribution in [0, 0.1) is 11.8 Å². The van der Waals surface area contributed by atoms with Crippen molar-refractivity contribution in [2.45, 2.75) is 6.92 Å². The van der Waals surface area contributed by atoms with Gasteiger partial charge < -0.3 is 15.8 Å². The van der Waals surface area contributed by atoms with Crippen LogP contribution in [-0.4, -0.2) is 19.1 Å². The summed E-state index contributed by atoms with van der Waals surface area (Å²) in [4.78, 5) is 12.9. The summed E-state index contributed by atoms with van der Waals surface area (Å²) in [5.41, 5.74) is 6.64. The minimum absolute atomic E-state index is 0.156. The van der Waals surface area contributed by atoms with Gasteiger partial charge in [0, 0.05) is 11.1 Å². The summed E-state index contributed by atoms with van der Waals surface area (Å²) in [6.45, 7) is 2.86. The molecule has 0 bridgehead atoms. The molecule has 2 rings (SSSR count). The van der Waals surface area contributed by atoms with E-state index < -0.39 is 0 Å². The molecular formula is C16H16N2O2S. The van der Waals surface area contributed by atoms with Gasteiger partial charge in [-0.2, -0.15) is 0 Å². The Balaban J connectivity index is 2.02. The Labute approximate surface area is 127 Å². The number of hydrogen-bond donors (Lipinski definition) is 2. The molecule has 0 aliphatic heterocycles. The Hall–Kier alpha value is -2.29. The van der Waals surface area contributed by atoms with Crippen LogP contribution in [0.1, 0.15) is 22.2 Å². The smallest absolute Gasteiger partial charge is 0.256 e. The average molecular weight is 300 g/mol. The second kappa shape index (κ2) is 7.48. The van der Waals surface area contributed by atoms with Crippen molar-refractivity contribution in [3.05, 3.63) is 46.2 Å². The minimum Gasteiger partial charge on any atom is -0.494 e. The molecule has 21 heavy (non-hydrogen) atoms. The van der Waals surface area contributed by atoms with E-state index in [2.05, 4.69) is 17.2 Å². The van der Waals surface area contributed by atoms with Crippen molar-refractivity contribution in [2.75, 3.05) is 18.5 Å². The second-order valence-electron chi connectivity index (χ2n) is 4.12. The van der Waals surface area contributed by atoms with Crippen LogP contribution in [0.5, 0.6) is 5.75 Å². The monoisotopic (exact) mass is 300 g/mol. The number of carbonyl (C=O) groups excluding carboxylic acids is 1. The van der Waals surface area contributed by atoms with Gasteiger partial charge in [-0.1, -0.05) is 11.8 Å². The van der Waals surface area contributed by atoms with Gasteiger partial charge in [0.25, 0.3) is 5.91 Å². The Kier molecular flexibility index (Phi) is 5.38. The molecule has 5 heteroatoms. The molecule has 0 radical (unpaired) electrons. The highest BCUT2D eigenvalue weighted by Gasteiger charge is 2.08. The lowest BCUT2D eigenvalue weighted by Gasteiger charge is -2.06. The first-order chi connectivity index (χ1) is 10.2. The Morgan fingerprint density at radius 3 is 2.81 bits per heavy atom. The molecule has 3 N–H and O–H groups in total. The first kappa shape index (κ1) is 15.1. The van der Waals surface area contributed by atoms with E-state index in [0.29, 0.717) is 18.7 Å². The third-order valence-corrected chi connectivity index (χ3v) is 3.44. The van der Waals surface area contributed by atoms with Crippen molar-refractivity contribution in [1.29, 1.82) is 0 Å². The molecular weight excluding hydrogens is 284 g/mol. The van der Waals surface area contributed by atoms with Crippen LogP contribution in [0.3, 0.4) is 0 Å². The normalized spacial score (nSPS) is 9.62. The fourth-order valence-electron chi connectivity index (χ4n) is 1.66. The number of thiophene rings is 1. The largest absolute Gasteiger partial charge is 0.494 e. The van der Waals surface area contributed by atoms with Crippen LogP contribution in [0.2, 0.25) is 0 Å². The van der Waals surface area contributed by atoms with Crippen molar-refractivity contribution >= 4 is 22.9 Å². The summed E-state index contributed by atoms with van der Waals surface area (Å²) in [5, 5.41) is 4.62. The highest BCUT2D eigenvalue weighted by atomic mass is 32.1. The van der Waals surface area contributed by atoms with Gasteiger partial charge in [-0.05, 0) is 37.3 Å². The predicted molar refractivity (Wildman–Crippen MR) is 85.8 cm³/mol. The molecule has 0 spiro atoms. The summed E-state index contributed by atoms with van der Waals surface area (Å²) >= 11 is 1.43. The Morgan fingerprint density at radius 2 is 2.14 bits per heavy atom. The number of rotatable bonds is 4. The number of benzene rings is 1. The third kappa shape index (κ3) is 4.35. The van der Waals surface area contributed by atoms with Crippen molar-refractivity contribution < 1.29 is 9.53 Å². The SMILES string of the molecule is CCOc1ccc(NC(=O)c2csc(C#CCN)c2)cc1. The van der Waals surface area contributed by atoms with E-state index in [1.165, 1.54) is 11.3 Å². The Bertz CT molecular complexity index is 666. The molecule has 4 nitrogen and oxygen atoms in total. The summed E-state index contributed by atoms with van der Waals surface area (Å²) in [6.07, 6.45) is 0. The Morgan fingerprint density at radius 1 is 1.38 bits per heavy atom. The molecule has 108 valence electrons. The van der Waals surface area contributed by atoms with Gasteiger partial charge in [-0.25, -0.2) is 0 Å². The van der Waals surface area contributed by atoms with Crippen LogP contribution < -0.4 is 15.8 Å².